The predicted molar refractivity (Wildman–Crippen MR) is 143 cm³/mol. The highest BCUT2D eigenvalue weighted by Gasteiger charge is 2.50. The second-order valence-corrected chi connectivity index (χ2v) is 11.4. The van der Waals surface area contributed by atoms with E-state index in [9.17, 15) is 9.59 Å². The van der Waals surface area contributed by atoms with Crippen molar-refractivity contribution in [3.63, 3.8) is 0 Å². The summed E-state index contributed by atoms with van der Waals surface area (Å²) in [6, 6.07) is 8.02. The Labute approximate surface area is 226 Å². The Morgan fingerprint density at radius 1 is 1.18 bits per heavy atom. The molecule has 3 N–H and O–H groups in total. The number of rotatable bonds is 8. The summed E-state index contributed by atoms with van der Waals surface area (Å²) in [6.07, 6.45) is 7.67. The molecular formula is C27H32ClN7O3. The normalized spacial score (nSPS) is 16.6. The van der Waals surface area contributed by atoms with E-state index in [1.165, 1.54) is 0 Å². The van der Waals surface area contributed by atoms with Crippen LogP contribution in [0, 0.1) is 0 Å². The summed E-state index contributed by atoms with van der Waals surface area (Å²) < 4.78 is 7.24. The van der Waals surface area contributed by atoms with Crippen molar-refractivity contribution in [2.45, 2.75) is 63.5 Å². The SMILES string of the molecule is CC(C)(C)OC(=O)N1CC(n2cc(Nc3ncc(Cl)c(CCc4ccccc4C4(C(N)=O)CC4)n3)cn2)C1. The molecule has 5 rings (SSSR count). The second-order valence-electron chi connectivity index (χ2n) is 11.0. The number of nitrogens with two attached hydrogens (primary N) is 1. The van der Waals surface area contributed by atoms with Gasteiger partial charge in [0.15, 0.2) is 0 Å². The summed E-state index contributed by atoms with van der Waals surface area (Å²) in [5, 5.41) is 8.10. The Morgan fingerprint density at radius 2 is 1.92 bits per heavy atom. The molecule has 2 aromatic heterocycles. The number of likely N-dealkylation sites (tertiary alicyclic amines) is 1. The fourth-order valence-electron chi connectivity index (χ4n) is 4.70. The minimum Gasteiger partial charge on any atom is -0.444 e. The molecule has 1 aliphatic carbocycles. The van der Waals surface area contributed by atoms with Gasteiger partial charge in [0.05, 0.1) is 40.3 Å². The molecule has 0 bridgehead atoms. The zero-order valence-electron chi connectivity index (χ0n) is 21.8. The minimum atomic E-state index is -0.538. The maximum atomic E-state index is 12.2. The number of halogens is 1. The summed E-state index contributed by atoms with van der Waals surface area (Å²) in [5.74, 6) is 0.147. The van der Waals surface area contributed by atoms with Crippen molar-refractivity contribution < 1.29 is 14.3 Å². The fourth-order valence-corrected chi connectivity index (χ4v) is 4.88. The number of ether oxygens (including phenoxy) is 1. The molecule has 1 aromatic carbocycles. The summed E-state index contributed by atoms with van der Waals surface area (Å²) >= 11 is 6.42. The van der Waals surface area contributed by atoms with Crippen LogP contribution in [0.1, 0.15) is 56.5 Å². The molecule has 10 nitrogen and oxygen atoms in total. The number of benzene rings is 1. The molecule has 2 fully saturated rings. The van der Waals surface area contributed by atoms with Crippen molar-refractivity contribution in [1.29, 1.82) is 0 Å². The van der Waals surface area contributed by atoms with Crippen molar-refractivity contribution in [1.82, 2.24) is 24.6 Å². The van der Waals surface area contributed by atoms with Gasteiger partial charge in [-0.2, -0.15) is 5.10 Å². The molecule has 0 atom stereocenters. The second kappa shape index (κ2) is 9.90. The van der Waals surface area contributed by atoms with Crippen LogP contribution < -0.4 is 11.1 Å². The number of hydrogen-bond acceptors (Lipinski definition) is 7. The first-order valence-corrected chi connectivity index (χ1v) is 13.1. The van der Waals surface area contributed by atoms with Crippen molar-refractivity contribution in [2.75, 3.05) is 18.4 Å². The van der Waals surface area contributed by atoms with Crippen LogP contribution in [-0.4, -0.2) is 55.3 Å². The maximum Gasteiger partial charge on any atom is 0.410 e. The van der Waals surface area contributed by atoms with Gasteiger partial charge in [-0.05, 0) is 57.6 Å². The van der Waals surface area contributed by atoms with E-state index in [1.807, 2.05) is 55.9 Å². The zero-order valence-corrected chi connectivity index (χ0v) is 22.5. The third-order valence-electron chi connectivity index (χ3n) is 6.95. The van der Waals surface area contributed by atoms with Gasteiger partial charge in [0, 0.05) is 19.3 Å². The van der Waals surface area contributed by atoms with Crippen LogP contribution in [0.3, 0.4) is 0 Å². The smallest absolute Gasteiger partial charge is 0.410 e. The van der Waals surface area contributed by atoms with Crippen LogP contribution in [-0.2, 0) is 27.8 Å². The van der Waals surface area contributed by atoms with E-state index >= 15 is 0 Å². The molecular weight excluding hydrogens is 506 g/mol. The van der Waals surface area contributed by atoms with Gasteiger partial charge in [0.1, 0.15) is 5.60 Å². The number of aryl methyl sites for hydroxylation is 2. The van der Waals surface area contributed by atoms with Gasteiger partial charge in [0.25, 0.3) is 0 Å². The van der Waals surface area contributed by atoms with Gasteiger partial charge in [-0.3, -0.25) is 9.48 Å². The van der Waals surface area contributed by atoms with E-state index in [4.69, 9.17) is 22.1 Å². The average molecular weight is 538 g/mol. The Morgan fingerprint density at radius 3 is 2.61 bits per heavy atom. The largest absolute Gasteiger partial charge is 0.444 e. The number of hydrogen-bond donors (Lipinski definition) is 2. The molecule has 11 heteroatoms. The van der Waals surface area contributed by atoms with Crippen molar-refractivity contribution in [2.24, 2.45) is 5.73 Å². The average Bonchev–Trinajstić information content (AvgIpc) is 3.52. The number of carbonyl (C=O) groups is 2. The van der Waals surface area contributed by atoms with E-state index < -0.39 is 11.0 Å². The summed E-state index contributed by atoms with van der Waals surface area (Å²) in [4.78, 5) is 34.9. The predicted octanol–water partition coefficient (Wildman–Crippen LogP) is 4.16. The van der Waals surface area contributed by atoms with Crippen molar-refractivity contribution in [3.8, 4) is 0 Å². The Hall–Kier alpha value is -3.66. The molecule has 3 heterocycles. The number of nitrogens with zero attached hydrogens (tertiary/aromatic N) is 5. The number of aromatic nitrogens is 4. The lowest BCUT2D eigenvalue weighted by molar-refractivity contribution is -0.120. The van der Waals surface area contributed by atoms with E-state index in [0.29, 0.717) is 42.6 Å². The first-order valence-electron chi connectivity index (χ1n) is 12.7. The lowest BCUT2D eigenvalue weighted by Crippen LogP contribution is -2.52. The highest BCUT2D eigenvalue weighted by atomic mass is 35.5. The van der Waals surface area contributed by atoms with Gasteiger partial charge in [-0.1, -0.05) is 35.9 Å². The molecule has 1 aliphatic heterocycles. The topological polar surface area (TPSA) is 128 Å². The molecule has 1 saturated heterocycles. The van der Waals surface area contributed by atoms with E-state index in [-0.39, 0.29) is 18.0 Å². The Bertz CT molecular complexity index is 1360. The number of nitrogens with one attached hydrogen (secondary N) is 1. The van der Waals surface area contributed by atoms with E-state index in [2.05, 4.69) is 20.4 Å². The first-order chi connectivity index (χ1) is 18.0. The summed E-state index contributed by atoms with van der Waals surface area (Å²) in [7, 11) is 0. The molecule has 38 heavy (non-hydrogen) atoms. The van der Waals surface area contributed by atoms with Crippen LogP contribution in [0.25, 0.3) is 0 Å². The molecule has 2 amide bonds. The number of primary amides is 1. The van der Waals surface area contributed by atoms with Gasteiger partial charge in [-0.25, -0.2) is 14.8 Å². The third kappa shape index (κ3) is 5.45. The monoisotopic (exact) mass is 537 g/mol. The van der Waals surface area contributed by atoms with Crippen molar-refractivity contribution in [3.05, 3.63) is 64.7 Å². The van der Waals surface area contributed by atoms with E-state index in [0.717, 1.165) is 29.7 Å². The quantitative estimate of drug-likeness (QED) is 0.441. The molecule has 0 unspecified atom stereocenters. The van der Waals surface area contributed by atoms with Gasteiger partial charge in [0.2, 0.25) is 11.9 Å². The standard InChI is InChI=1S/C27H32ClN7O3/c1-26(2,3)38-25(37)34-15-19(16-34)35-14-18(12-31-35)32-24-30-13-21(28)22(33-24)9-8-17-6-4-5-7-20(17)27(10-11-27)23(29)36/h4-7,12-14,19H,8-11,15-16H2,1-3H3,(H2,29,36)(H,30,32,33). The molecule has 3 aromatic rings. The third-order valence-corrected chi connectivity index (χ3v) is 7.26. The maximum absolute atomic E-state index is 12.2. The minimum absolute atomic E-state index is 0.0787. The lowest BCUT2D eigenvalue weighted by Gasteiger charge is -2.39. The van der Waals surface area contributed by atoms with Crippen LogP contribution in [0.15, 0.2) is 42.9 Å². The zero-order chi connectivity index (χ0) is 27.1. The number of anilines is 2. The van der Waals surface area contributed by atoms with Crippen LogP contribution in [0.5, 0.6) is 0 Å². The molecule has 200 valence electrons. The van der Waals surface area contributed by atoms with Gasteiger partial charge < -0.3 is 20.7 Å². The highest BCUT2D eigenvalue weighted by molar-refractivity contribution is 6.31. The van der Waals surface area contributed by atoms with Crippen molar-refractivity contribution >= 4 is 35.2 Å². The highest BCUT2D eigenvalue weighted by Crippen LogP contribution is 2.49. The number of carbonyl (C=O) groups excluding carboxylic acids is 2. The fraction of sp³-hybridized carbons (Fsp3) is 0.444. The Balaban J connectivity index is 1.21. The van der Waals surface area contributed by atoms with Crippen LogP contribution in [0.2, 0.25) is 5.02 Å². The Kier molecular flexibility index (Phi) is 6.77. The number of amides is 2. The van der Waals surface area contributed by atoms with Gasteiger partial charge in [-0.15, -0.1) is 0 Å². The lowest BCUT2D eigenvalue weighted by atomic mass is 9.88. The van der Waals surface area contributed by atoms with Gasteiger partial charge >= 0.3 is 6.09 Å². The van der Waals surface area contributed by atoms with Crippen LogP contribution >= 0.6 is 11.6 Å². The molecule has 0 radical (unpaired) electrons. The molecule has 2 aliphatic rings. The summed E-state index contributed by atoms with van der Waals surface area (Å²) in [5.41, 5.74) is 8.18. The summed E-state index contributed by atoms with van der Waals surface area (Å²) in [6.45, 7) is 6.63. The molecule has 0 spiro atoms. The van der Waals surface area contributed by atoms with E-state index in [1.54, 1.807) is 17.3 Å². The first kappa shape index (κ1) is 26.0. The van der Waals surface area contributed by atoms with Crippen LogP contribution in [0.4, 0.5) is 16.4 Å². The molecule has 1 saturated carbocycles.